The molecule has 2 atom stereocenters. The fourth-order valence-corrected chi connectivity index (χ4v) is 3.20. The highest BCUT2D eigenvalue weighted by molar-refractivity contribution is 7.07. The van der Waals surface area contributed by atoms with Gasteiger partial charge in [-0.15, -0.1) is 0 Å². The van der Waals surface area contributed by atoms with Crippen molar-refractivity contribution in [1.82, 2.24) is 10.2 Å². The zero-order valence-corrected chi connectivity index (χ0v) is 11.1. The quantitative estimate of drug-likeness (QED) is 0.847. The normalized spacial score (nSPS) is 23.8. The predicted molar refractivity (Wildman–Crippen MR) is 71.1 cm³/mol. The molecule has 2 heterocycles. The lowest BCUT2D eigenvalue weighted by atomic mass is 10.1. The molecular formula is C13H22N2S. The second-order valence-corrected chi connectivity index (χ2v) is 5.50. The van der Waals surface area contributed by atoms with Crippen molar-refractivity contribution in [2.45, 2.75) is 38.8 Å². The topological polar surface area (TPSA) is 15.3 Å². The average Bonchev–Trinajstić information content (AvgIpc) is 2.89. The van der Waals surface area contributed by atoms with Crippen molar-refractivity contribution in [1.29, 1.82) is 0 Å². The maximum absolute atomic E-state index is 3.55. The van der Waals surface area contributed by atoms with Crippen LogP contribution in [-0.2, 0) is 6.42 Å². The number of thiophene rings is 1. The fraction of sp³-hybridized carbons (Fsp3) is 0.692. The molecule has 0 bridgehead atoms. The average molecular weight is 238 g/mol. The van der Waals surface area contributed by atoms with Crippen LogP contribution in [0.5, 0.6) is 0 Å². The molecule has 3 heteroatoms. The first-order valence-electron chi connectivity index (χ1n) is 6.28. The van der Waals surface area contributed by atoms with E-state index in [0.717, 1.165) is 12.6 Å². The zero-order valence-electron chi connectivity index (χ0n) is 10.3. The number of nitrogens with zero attached hydrogens (tertiary/aromatic N) is 1. The van der Waals surface area contributed by atoms with E-state index in [0.29, 0.717) is 6.04 Å². The molecule has 1 aromatic rings. The van der Waals surface area contributed by atoms with E-state index in [2.05, 4.69) is 40.9 Å². The van der Waals surface area contributed by atoms with E-state index in [1.54, 1.807) is 11.3 Å². The summed E-state index contributed by atoms with van der Waals surface area (Å²) in [5.74, 6) is 0. The minimum Gasteiger partial charge on any atom is -0.313 e. The van der Waals surface area contributed by atoms with Gasteiger partial charge in [0.15, 0.2) is 0 Å². The smallest absolute Gasteiger partial charge is 0.0207 e. The monoisotopic (exact) mass is 238 g/mol. The van der Waals surface area contributed by atoms with E-state index in [-0.39, 0.29) is 0 Å². The summed E-state index contributed by atoms with van der Waals surface area (Å²) in [7, 11) is 0. The fourth-order valence-electron chi connectivity index (χ4n) is 2.52. The molecule has 16 heavy (non-hydrogen) atoms. The third-order valence-corrected chi connectivity index (χ3v) is 4.18. The van der Waals surface area contributed by atoms with E-state index in [9.17, 15) is 0 Å². The highest BCUT2D eigenvalue weighted by atomic mass is 32.1. The minimum absolute atomic E-state index is 0.679. The Bertz CT molecular complexity index is 297. The van der Waals surface area contributed by atoms with Crippen molar-refractivity contribution >= 4 is 11.3 Å². The third-order valence-electron chi connectivity index (χ3n) is 3.45. The first kappa shape index (κ1) is 12.1. The minimum atomic E-state index is 0.679. The van der Waals surface area contributed by atoms with Gasteiger partial charge in [-0.3, -0.25) is 4.90 Å². The number of nitrogens with one attached hydrogen (secondary N) is 1. The largest absolute Gasteiger partial charge is 0.313 e. The molecule has 2 rings (SSSR count). The molecule has 1 saturated heterocycles. The van der Waals surface area contributed by atoms with Gasteiger partial charge in [-0.2, -0.15) is 11.3 Å². The molecule has 1 aliphatic heterocycles. The molecule has 1 fully saturated rings. The number of likely N-dealkylation sites (N-methyl/N-ethyl adjacent to an activating group) is 1. The molecule has 0 radical (unpaired) electrons. The van der Waals surface area contributed by atoms with Crippen LogP contribution in [0.2, 0.25) is 0 Å². The van der Waals surface area contributed by atoms with Gasteiger partial charge in [0.25, 0.3) is 0 Å². The van der Waals surface area contributed by atoms with Gasteiger partial charge in [-0.1, -0.05) is 6.92 Å². The van der Waals surface area contributed by atoms with E-state index in [1.165, 1.54) is 31.5 Å². The van der Waals surface area contributed by atoms with Gasteiger partial charge in [0.2, 0.25) is 0 Å². The van der Waals surface area contributed by atoms with Crippen molar-refractivity contribution in [3.8, 4) is 0 Å². The first-order valence-corrected chi connectivity index (χ1v) is 7.22. The maximum atomic E-state index is 3.55. The molecule has 90 valence electrons. The van der Waals surface area contributed by atoms with Crippen LogP contribution in [0, 0.1) is 0 Å². The Hall–Kier alpha value is -0.380. The SMILES string of the molecule is CCNC1CCN(C(C)Cc2ccsc2)C1. The molecule has 0 amide bonds. The second kappa shape index (κ2) is 5.80. The van der Waals surface area contributed by atoms with Gasteiger partial charge in [-0.05, 0) is 48.7 Å². The first-order chi connectivity index (χ1) is 7.79. The molecule has 1 N–H and O–H groups in total. The summed E-state index contributed by atoms with van der Waals surface area (Å²) in [5, 5.41) is 7.99. The molecular weight excluding hydrogens is 216 g/mol. The standard InChI is InChI=1S/C13H22N2S/c1-3-14-13-4-6-15(9-13)11(2)8-12-5-7-16-10-12/h5,7,10-11,13-14H,3-4,6,8-9H2,1-2H3. The molecule has 2 nitrogen and oxygen atoms in total. The van der Waals surface area contributed by atoms with Crippen LogP contribution in [0.1, 0.15) is 25.8 Å². The maximum Gasteiger partial charge on any atom is 0.0207 e. The lowest BCUT2D eigenvalue weighted by Gasteiger charge is -2.24. The molecule has 0 aromatic carbocycles. The Balaban J connectivity index is 1.80. The Morgan fingerprint density at radius 3 is 3.19 bits per heavy atom. The zero-order chi connectivity index (χ0) is 11.4. The summed E-state index contributed by atoms with van der Waals surface area (Å²) in [6.45, 7) is 8.11. The number of likely N-dealkylation sites (tertiary alicyclic amines) is 1. The predicted octanol–water partition coefficient (Wildman–Crippen LogP) is 2.36. The van der Waals surface area contributed by atoms with Crippen LogP contribution in [0.25, 0.3) is 0 Å². The highest BCUT2D eigenvalue weighted by Crippen LogP contribution is 2.17. The van der Waals surface area contributed by atoms with Crippen LogP contribution in [-0.4, -0.2) is 36.6 Å². The molecule has 1 aliphatic rings. The summed E-state index contributed by atoms with van der Waals surface area (Å²) in [4.78, 5) is 2.62. The van der Waals surface area contributed by atoms with Gasteiger partial charge in [0, 0.05) is 25.2 Å². The summed E-state index contributed by atoms with van der Waals surface area (Å²) in [5.41, 5.74) is 1.49. The highest BCUT2D eigenvalue weighted by Gasteiger charge is 2.25. The van der Waals surface area contributed by atoms with Crippen LogP contribution in [0.3, 0.4) is 0 Å². The number of hydrogen-bond donors (Lipinski definition) is 1. The van der Waals surface area contributed by atoms with Gasteiger partial charge < -0.3 is 5.32 Å². The van der Waals surface area contributed by atoms with Crippen molar-refractivity contribution in [2.24, 2.45) is 0 Å². The Labute approximate surface area is 103 Å². The number of rotatable bonds is 5. The summed E-state index contributed by atoms with van der Waals surface area (Å²) in [6, 6.07) is 3.65. The van der Waals surface area contributed by atoms with Gasteiger partial charge >= 0.3 is 0 Å². The van der Waals surface area contributed by atoms with Gasteiger partial charge in [-0.25, -0.2) is 0 Å². The molecule has 1 aromatic heterocycles. The third kappa shape index (κ3) is 3.06. The van der Waals surface area contributed by atoms with Crippen LogP contribution in [0.4, 0.5) is 0 Å². The number of hydrogen-bond acceptors (Lipinski definition) is 3. The van der Waals surface area contributed by atoms with E-state index >= 15 is 0 Å². The van der Waals surface area contributed by atoms with Crippen LogP contribution in [0.15, 0.2) is 16.8 Å². The molecule has 0 spiro atoms. The lowest BCUT2D eigenvalue weighted by Crippen LogP contribution is -2.37. The lowest BCUT2D eigenvalue weighted by molar-refractivity contribution is 0.251. The molecule has 2 unspecified atom stereocenters. The molecule has 0 aliphatic carbocycles. The van der Waals surface area contributed by atoms with Gasteiger partial charge in [0.05, 0.1) is 0 Å². The van der Waals surface area contributed by atoms with E-state index in [4.69, 9.17) is 0 Å². The van der Waals surface area contributed by atoms with Crippen molar-refractivity contribution < 1.29 is 0 Å². The van der Waals surface area contributed by atoms with Gasteiger partial charge in [0.1, 0.15) is 0 Å². The summed E-state index contributed by atoms with van der Waals surface area (Å²) < 4.78 is 0. The molecule has 0 saturated carbocycles. The van der Waals surface area contributed by atoms with Crippen LogP contribution < -0.4 is 5.32 Å². The Morgan fingerprint density at radius 2 is 2.50 bits per heavy atom. The van der Waals surface area contributed by atoms with E-state index < -0.39 is 0 Å². The van der Waals surface area contributed by atoms with Crippen molar-refractivity contribution in [2.75, 3.05) is 19.6 Å². The summed E-state index contributed by atoms with van der Waals surface area (Å²) >= 11 is 1.80. The second-order valence-electron chi connectivity index (χ2n) is 4.72. The van der Waals surface area contributed by atoms with Crippen molar-refractivity contribution in [3.63, 3.8) is 0 Å². The Kier molecular flexibility index (Phi) is 4.38. The van der Waals surface area contributed by atoms with Crippen LogP contribution >= 0.6 is 11.3 Å². The Morgan fingerprint density at radius 1 is 1.62 bits per heavy atom. The van der Waals surface area contributed by atoms with E-state index in [1.807, 2.05) is 0 Å². The van der Waals surface area contributed by atoms with Crippen molar-refractivity contribution in [3.05, 3.63) is 22.4 Å². The summed E-state index contributed by atoms with van der Waals surface area (Å²) in [6.07, 6.45) is 2.50.